The van der Waals surface area contributed by atoms with Gasteiger partial charge in [-0.1, -0.05) is 12.1 Å². The molecular formula is C13H14FN3. The zero-order valence-electron chi connectivity index (χ0n) is 9.36. The molecule has 4 heteroatoms. The highest BCUT2D eigenvalue weighted by atomic mass is 19.1. The lowest BCUT2D eigenvalue weighted by molar-refractivity contribution is 0.611. The maximum atomic E-state index is 13.4. The van der Waals surface area contributed by atoms with Crippen LogP contribution in [0.1, 0.15) is 11.3 Å². The van der Waals surface area contributed by atoms with E-state index in [4.69, 9.17) is 5.73 Å². The van der Waals surface area contributed by atoms with Crippen LogP contribution in [0.15, 0.2) is 42.6 Å². The number of benzene rings is 1. The largest absolute Gasteiger partial charge is 0.379 e. The number of halogens is 1. The van der Waals surface area contributed by atoms with Crippen molar-refractivity contribution in [2.75, 3.05) is 5.32 Å². The maximum Gasteiger partial charge on any atom is 0.129 e. The summed E-state index contributed by atoms with van der Waals surface area (Å²) in [5.74, 6) is -0.279. The van der Waals surface area contributed by atoms with Crippen LogP contribution in [0.3, 0.4) is 0 Å². The molecule has 0 radical (unpaired) electrons. The van der Waals surface area contributed by atoms with E-state index in [1.165, 1.54) is 6.07 Å². The van der Waals surface area contributed by atoms with Crippen molar-refractivity contribution in [3.05, 3.63) is 59.7 Å². The van der Waals surface area contributed by atoms with Gasteiger partial charge < -0.3 is 11.1 Å². The zero-order chi connectivity index (χ0) is 12.1. The second-order valence-electron chi connectivity index (χ2n) is 3.64. The molecule has 1 heterocycles. The summed E-state index contributed by atoms with van der Waals surface area (Å²) in [5, 5.41) is 3.14. The molecule has 0 amide bonds. The number of nitrogens with one attached hydrogen (secondary N) is 1. The van der Waals surface area contributed by atoms with Crippen molar-refractivity contribution in [3.8, 4) is 0 Å². The molecule has 0 saturated heterocycles. The Bertz CT molecular complexity index is 485. The first kappa shape index (κ1) is 11.5. The third-order valence-corrected chi connectivity index (χ3v) is 2.51. The number of hydrogen-bond acceptors (Lipinski definition) is 3. The summed E-state index contributed by atoms with van der Waals surface area (Å²) in [7, 11) is 0. The molecule has 3 nitrogen and oxygen atoms in total. The van der Waals surface area contributed by atoms with Gasteiger partial charge in [0.15, 0.2) is 0 Å². The van der Waals surface area contributed by atoms with Crippen LogP contribution in [0.2, 0.25) is 0 Å². The highest BCUT2D eigenvalue weighted by Gasteiger charge is 2.05. The summed E-state index contributed by atoms with van der Waals surface area (Å²) in [4.78, 5) is 4.18. The van der Waals surface area contributed by atoms with Gasteiger partial charge in [0.1, 0.15) is 5.82 Å². The highest BCUT2D eigenvalue weighted by Crippen LogP contribution is 2.18. The van der Waals surface area contributed by atoms with Crippen molar-refractivity contribution in [3.63, 3.8) is 0 Å². The Balaban J connectivity index is 2.12. The molecule has 0 bridgehead atoms. The Hall–Kier alpha value is -1.94. The first-order valence-corrected chi connectivity index (χ1v) is 5.42. The van der Waals surface area contributed by atoms with Crippen LogP contribution in [0.4, 0.5) is 10.1 Å². The molecule has 0 aliphatic heterocycles. The van der Waals surface area contributed by atoms with Gasteiger partial charge in [-0.3, -0.25) is 4.98 Å². The summed E-state index contributed by atoms with van der Waals surface area (Å²) in [5.41, 5.74) is 7.65. The van der Waals surface area contributed by atoms with Crippen molar-refractivity contribution in [2.24, 2.45) is 5.73 Å². The van der Waals surface area contributed by atoms with Gasteiger partial charge in [-0.05, 0) is 24.3 Å². The molecule has 1 aromatic carbocycles. The SMILES string of the molecule is NCc1c(F)cccc1NCc1ccccn1. The summed E-state index contributed by atoms with van der Waals surface area (Å²) >= 11 is 0. The second kappa shape index (κ2) is 5.41. The average molecular weight is 231 g/mol. The molecule has 0 aliphatic rings. The van der Waals surface area contributed by atoms with E-state index in [-0.39, 0.29) is 12.4 Å². The fourth-order valence-electron chi connectivity index (χ4n) is 1.62. The second-order valence-corrected chi connectivity index (χ2v) is 3.64. The first-order valence-electron chi connectivity index (χ1n) is 5.42. The molecule has 0 unspecified atom stereocenters. The Labute approximate surface area is 99.5 Å². The fourth-order valence-corrected chi connectivity index (χ4v) is 1.62. The Morgan fingerprint density at radius 2 is 2.06 bits per heavy atom. The van der Waals surface area contributed by atoms with Crippen LogP contribution < -0.4 is 11.1 Å². The van der Waals surface area contributed by atoms with E-state index in [0.29, 0.717) is 12.1 Å². The third-order valence-electron chi connectivity index (χ3n) is 2.51. The summed E-state index contributed by atoms with van der Waals surface area (Å²) in [6.07, 6.45) is 1.73. The zero-order valence-corrected chi connectivity index (χ0v) is 9.36. The number of aromatic nitrogens is 1. The minimum atomic E-state index is -0.279. The predicted molar refractivity (Wildman–Crippen MR) is 65.9 cm³/mol. The van der Waals surface area contributed by atoms with Gasteiger partial charge >= 0.3 is 0 Å². The third kappa shape index (κ3) is 2.79. The molecule has 2 aromatic rings. The van der Waals surface area contributed by atoms with Crippen molar-refractivity contribution in [1.82, 2.24) is 4.98 Å². The fraction of sp³-hybridized carbons (Fsp3) is 0.154. The lowest BCUT2D eigenvalue weighted by atomic mass is 10.1. The molecule has 2 rings (SSSR count). The van der Waals surface area contributed by atoms with Crippen LogP contribution in [0, 0.1) is 5.82 Å². The van der Waals surface area contributed by atoms with Crippen LogP contribution in [0.25, 0.3) is 0 Å². The van der Waals surface area contributed by atoms with Crippen molar-refractivity contribution in [1.29, 1.82) is 0 Å². The summed E-state index contributed by atoms with van der Waals surface area (Å²) in [6.45, 7) is 0.731. The molecule has 3 N–H and O–H groups in total. The molecule has 88 valence electrons. The Morgan fingerprint density at radius 1 is 1.18 bits per heavy atom. The smallest absolute Gasteiger partial charge is 0.129 e. The Kier molecular flexibility index (Phi) is 3.67. The molecule has 0 atom stereocenters. The highest BCUT2D eigenvalue weighted by molar-refractivity contribution is 5.51. The van der Waals surface area contributed by atoms with Gasteiger partial charge in [-0.15, -0.1) is 0 Å². The van der Waals surface area contributed by atoms with E-state index in [1.54, 1.807) is 12.3 Å². The summed E-state index contributed by atoms with van der Waals surface area (Å²) in [6, 6.07) is 10.6. The number of hydrogen-bond donors (Lipinski definition) is 2. The molecule has 0 aliphatic carbocycles. The summed E-state index contributed by atoms with van der Waals surface area (Å²) < 4.78 is 13.4. The lowest BCUT2D eigenvalue weighted by Crippen LogP contribution is -2.08. The van der Waals surface area contributed by atoms with Gasteiger partial charge in [-0.2, -0.15) is 0 Å². The van der Waals surface area contributed by atoms with E-state index < -0.39 is 0 Å². The van der Waals surface area contributed by atoms with Gasteiger partial charge in [0.05, 0.1) is 12.2 Å². The van der Waals surface area contributed by atoms with Crippen molar-refractivity contribution >= 4 is 5.69 Å². The monoisotopic (exact) mass is 231 g/mol. The lowest BCUT2D eigenvalue weighted by Gasteiger charge is -2.11. The minimum Gasteiger partial charge on any atom is -0.379 e. The van der Waals surface area contributed by atoms with E-state index >= 15 is 0 Å². The minimum absolute atomic E-state index is 0.178. The molecule has 0 spiro atoms. The molecular weight excluding hydrogens is 217 g/mol. The number of nitrogens with two attached hydrogens (primary N) is 1. The average Bonchev–Trinajstić information content (AvgIpc) is 2.37. The van der Waals surface area contributed by atoms with E-state index in [2.05, 4.69) is 10.3 Å². The molecule has 0 saturated carbocycles. The van der Waals surface area contributed by atoms with Crippen LogP contribution in [-0.2, 0) is 13.1 Å². The number of anilines is 1. The topological polar surface area (TPSA) is 50.9 Å². The standard InChI is InChI=1S/C13H14FN3/c14-12-5-3-6-13(11(12)8-15)17-9-10-4-1-2-7-16-10/h1-7,17H,8-9,15H2. The van der Waals surface area contributed by atoms with E-state index in [0.717, 1.165) is 11.4 Å². The van der Waals surface area contributed by atoms with Gasteiger partial charge in [0.2, 0.25) is 0 Å². The molecule has 1 aromatic heterocycles. The van der Waals surface area contributed by atoms with Crippen LogP contribution >= 0.6 is 0 Å². The van der Waals surface area contributed by atoms with Gasteiger partial charge in [0, 0.05) is 24.0 Å². The van der Waals surface area contributed by atoms with Gasteiger partial charge in [-0.25, -0.2) is 4.39 Å². The van der Waals surface area contributed by atoms with Crippen LogP contribution in [0.5, 0.6) is 0 Å². The Morgan fingerprint density at radius 3 is 2.76 bits per heavy atom. The number of rotatable bonds is 4. The van der Waals surface area contributed by atoms with Crippen molar-refractivity contribution in [2.45, 2.75) is 13.1 Å². The first-order chi connectivity index (χ1) is 8.31. The molecule has 17 heavy (non-hydrogen) atoms. The maximum absolute atomic E-state index is 13.4. The van der Waals surface area contributed by atoms with Crippen LogP contribution in [-0.4, -0.2) is 4.98 Å². The molecule has 0 fully saturated rings. The van der Waals surface area contributed by atoms with Gasteiger partial charge in [0.25, 0.3) is 0 Å². The normalized spacial score (nSPS) is 10.2. The quantitative estimate of drug-likeness (QED) is 0.848. The predicted octanol–water partition coefficient (Wildman–Crippen LogP) is 2.29. The number of nitrogens with zero attached hydrogens (tertiary/aromatic N) is 1. The number of pyridine rings is 1. The van der Waals surface area contributed by atoms with Crippen molar-refractivity contribution < 1.29 is 4.39 Å². The van der Waals surface area contributed by atoms with E-state index in [1.807, 2.05) is 24.3 Å². The van der Waals surface area contributed by atoms with E-state index in [9.17, 15) is 4.39 Å².